The molecule has 0 heterocycles. The molecule has 0 amide bonds. The predicted molar refractivity (Wildman–Crippen MR) is 114 cm³/mol. The highest BCUT2D eigenvalue weighted by Gasteiger charge is 2.37. The summed E-state index contributed by atoms with van der Waals surface area (Å²) in [6, 6.07) is 22.9. The van der Waals surface area contributed by atoms with E-state index < -0.39 is 23.9 Å². The lowest BCUT2D eigenvalue weighted by molar-refractivity contribution is -0.160. The largest absolute Gasteiger partial charge is 0.481 e. The number of hydrogen-bond acceptors (Lipinski definition) is 5. The second-order valence-corrected chi connectivity index (χ2v) is 7.44. The number of esters is 1. The van der Waals surface area contributed by atoms with E-state index in [1.54, 1.807) is 18.2 Å². The lowest BCUT2D eigenvalue weighted by Crippen LogP contribution is -2.36. The molecule has 1 aliphatic rings. The summed E-state index contributed by atoms with van der Waals surface area (Å²) in [7, 11) is 0. The van der Waals surface area contributed by atoms with Crippen molar-refractivity contribution in [3.05, 3.63) is 95.1 Å². The minimum absolute atomic E-state index is 0.0155. The van der Waals surface area contributed by atoms with Crippen molar-refractivity contribution in [2.75, 3.05) is 6.61 Å². The Labute approximate surface area is 179 Å². The lowest BCUT2D eigenvalue weighted by Gasteiger charge is -2.21. The summed E-state index contributed by atoms with van der Waals surface area (Å²) in [5, 5.41) is 18.7. The van der Waals surface area contributed by atoms with Gasteiger partial charge < -0.3 is 15.6 Å². The Kier molecular flexibility index (Phi) is 5.52. The molecule has 0 aliphatic heterocycles. The van der Waals surface area contributed by atoms with Gasteiger partial charge in [-0.3, -0.25) is 9.59 Å². The molecule has 6 nitrogen and oxygen atoms in total. The number of carbonyl (C=O) groups is 2. The molecule has 0 radical (unpaired) electrons. The van der Waals surface area contributed by atoms with E-state index in [9.17, 15) is 14.7 Å². The second-order valence-electron chi connectivity index (χ2n) is 7.44. The van der Waals surface area contributed by atoms with Crippen LogP contribution in [-0.4, -0.2) is 23.7 Å². The summed E-state index contributed by atoms with van der Waals surface area (Å²) in [5.41, 5.74) is 11.1. The molecule has 0 spiro atoms. The lowest BCUT2D eigenvalue weighted by atomic mass is 9.92. The van der Waals surface area contributed by atoms with E-state index in [0.29, 0.717) is 11.1 Å². The van der Waals surface area contributed by atoms with Crippen LogP contribution >= 0.6 is 0 Å². The Morgan fingerprint density at radius 1 is 1.00 bits per heavy atom. The van der Waals surface area contributed by atoms with Crippen LogP contribution in [0.2, 0.25) is 0 Å². The fourth-order valence-electron chi connectivity index (χ4n) is 4.10. The summed E-state index contributed by atoms with van der Waals surface area (Å²) >= 11 is 0. The third-order valence-electron chi connectivity index (χ3n) is 5.63. The van der Waals surface area contributed by atoms with E-state index in [0.717, 1.165) is 22.3 Å². The first-order chi connectivity index (χ1) is 15.0. The highest BCUT2D eigenvalue weighted by Crippen LogP contribution is 2.44. The van der Waals surface area contributed by atoms with Crippen LogP contribution in [0.5, 0.6) is 0 Å². The van der Waals surface area contributed by atoms with Gasteiger partial charge in [0, 0.05) is 5.92 Å². The molecule has 0 saturated carbocycles. The number of nitrogens with two attached hydrogens (primary N) is 1. The molecule has 154 valence electrons. The first-order valence-corrected chi connectivity index (χ1v) is 9.84. The van der Waals surface area contributed by atoms with E-state index in [4.69, 9.17) is 15.7 Å². The molecule has 4 rings (SSSR count). The molecule has 6 heteroatoms. The zero-order valence-corrected chi connectivity index (χ0v) is 16.6. The van der Waals surface area contributed by atoms with Gasteiger partial charge in [-0.2, -0.15) is 5.26 Å². The van der Waals surface area contributed by atoms with Crippen molar-refractivity contribution >= 4 is 11.9 Å². The van der Waals surface area contributed by atoms with Crippen molar-refractivity contribution in [1.29, 1.82) is 5.26 Å². The number of carbonyl (C=O) groups excluding carboxylic acids is 1. The molecule has 0 aromatic heterocycles. The highest BCUT2D eigenvalue weighted by atomic mass is 16.5. The Bertz CT molecular complexity index is 1150. The molecular weight excluding hydrogens is 392 g/mol. The minimum Gasteiger partial charge on any atom is -0.481 e. The number of ether oxygens (including phenoxy) is 1. The summed E-state index contributed by atoms with van der Waals surface area (Å²) in [5.74, 6) is -4.03. The van der Waals surface area contributed by atoms with E-state index in [1.165, 1.54) is 6.07 Å². The molecule has 3 N–H and O–H groups in total. The number of nitriles is 1. The molecule has 3 aromatic rings. The fraction of sp³-hybridized carbons (Fsp3) is 0.160. The van der Waals surface area contributed by atoms with E-state index >= 15 is 0 Å². The third-order valence-corrected chi connectivity index (χ3v) is 5.63. The van der Waals surface area contributed by atoms with Gasteiger partial charge in [0.2, 0.25) is 0 Å². The van der Waals surface area contributed by atoms with Crippen LogP contribution < -0.4 is 5.73 Å². The highest BCUT2D eigenvalue weighted by molar-refractivity contribution is 5.95. The van der Waals surface area contributed by atoms with Gasteiger partial charge in [0.05, 0.1) is 17.7 Å². The standard InChI is InChI=1S/C25H20N2O4/c26-13-15-6-5-7-16(12-15)23(27)22(24(28)29)25(30)31-14-21-19-10-3-1-8-17(19)18-9-2-4-11-20(18)21/h1-12,21-23H,14,27H2,(H,28,29)/t22-,23?/m1/s1. The number of rotatable bonds is 6. The summed E-state index contributed by atoms with van der Waals surface area (Å²) in [6.07, 6.45) is 0. The number of aliphatic carboxylic acids is 1. The van der Waals surface area contributed by atoms with Gasteiger partial charge in [-0.15, -0.1) is 0 Å². The van der Waals surface area contributed by atoms with Gasteiger partial charge >= 0.3 is 11.9 Å². The molecule has 0 saturated heterocycles. The minimum atomic E-state index is -1.58. The average Bonchev–Trinajstić information content (AvgIpc) is 3.11. The Morgan fingerprint density at radius 3 is 2.19 bits per heavy atom. The van der Waals surface area contributed by atoms with Crippen molar-refractivity contribution in [1.82, 2.24) is 0 Å². The molecule has 2 atom stereocenters. The smallest absolute Gasteiger partial charge is 0.322 e. The van der Waals surface area contributed by atoms with Crippen LogP contribution in [0.15, 0.2) is 72.8 Å². The monoisotopic (exact) mass is 412 g/mol. The van der Waals surface area contributed by atoms with Gasteiger partial charge in [-0.25, -0.2) is 0 Å². The molecule has 1 unspecified atom stereocenters. The Morgan fingerprint density at radius 2 is 1.61 bits per heavy atom. The first-order valence-electron chi connectivity index (χ1n) is 9.84. The fourth-order valence-corrected chi connectivity index (χ4v) is 4.10. The quantitative estimate of drug-likeness (QED) is 0.472. The number of carboxylic acid groups (broad SMARTS) is 1. The topological polar surface area (TPSA) is 113 Å². The number of fused-ring (bicyclic) bond motifs is 3. The van der Waals surface area contributed by atoms with Crippen molar-refractivity contribution < 1.29 is 19.4 Å². The van der Waals surface area contributed by atoms with Crippen molar-refractivity contribution in [3.63, 3.8) is 0 Å². The Hall–Kier alpha value is -3.95. The summed E-state index contributed by atoms with van der Waals surface area (Å²) in [6.45, 7) is 0.0155. The van der Waals surface area contributed by atoms with E-state index in [2.05, 4.69) is 0 Å². The molecule has 1 aliphatic carbocycles. The summed E-state index contributed by atoms with van der Waals surface area (Å²) in [4.78, 5) is 24.6. The van der Waals surface area contributed by atoms with Crippen LogP contribution in [0.1, 0.15) is 34.2 Å². The average molecular weight is 412 g/mol. The van der Waals surface area contributed by atoms with Crippen LogP contribution in [-0.2, 0) is 14.3 Å². The summed E-state index contributed by atoms with van der Waals surface area (Å²) < 4.78 is 5.50. The normalized spacial score (nSPS) is 14.1. The maximum atomic E-state index is 12.8. The molecular formula is C25H20N2O4. The predicted octanol–water partition coefficient (Wildman–Crippen LogP) is 3.61. The van der Waals surface area contributed by atoms with Crippen LogP contribution in [0.4, 0.5) is 0 Å². The van der Waals surface area contributed by atoms with Crippen molar-refractivity contribution in [2.24, 2.45) is 11.7 Å². The second kappa shape index (κ2) is 8.42. The number of nitrogens with zero attached hydrogens (tertiary/aromatic N) is 1. The Balaban J connectivity index is 1.55. The number of hydrogen-bond donors (Lipinski definition) is 2. The van der Waals surface area contributed by atoms with E-state index in [-0.39, 0.29) is 12.5 Å². The van der Waals surface area contributed by atoms with Crippen molar-refractivity contribution in [2.45, 2.75) is 12.0 Å². The van der Waals surface area contributed by atoms with Crippen LogP contribution in [0.3, 0.4) is 0 Å². The molecule has 31 heavy (non-hydrogen) atoms. The van der Waals surface area contributed by atoms with Crippen LogP contribution in [0.25, 0.3) is 11.1 Å². The van der Waals surface area contributed by atoms with Gasteiger partial charge in [0.25, 0.3) is 0 Å². The van der Waals surface area contributed by atoms with E-state index in [1.807, 2.05) is 54.6 Å². The SMILES string of the molecule is N#Cc1cccc(C(N)[C@H](C(=O)O)C(=O)OCC2c3ccccc3-c3ccccc32)c1. The maximum absolute atomic E-state index is 12.8. The zero-order chi connectivity index (χ0) is 22.0. The molecule has 3 aromatic carbocycles. The zero-order valence-electron chi connectivity index (χ0n) is 16.6. The number of carboxylic acids is 1. The molecule has 0 bridgehead atoms. The third kappa shape index (κ3) is 3.79. The van der Waals surface area contributed by atoms with Gasteiger partial charge in [-0.1, -0.05) is 60.7 Å². The maximum Gasteiger partial charge on any atom is 0.322 e. The number of benzene rings is 3. The molecule has 0 fully saturated rings. The first kappa shape index (κ1) is 20.3. The van der Waals surface area contributed by atoms with Gasteiger partial charge in [0.15, 0.2) is 5.92 Å². The van der Waals surface area contributed by atoms with Crippen LogP contribution in [0, 0.1) is 17.2 Å². The van der Waals surface area contributed by atoms with Gasteiger partial charge in [0.1, 0.15) is 6.61 Å². The van der Waals surface area contributed by atoms with Gasteiger partial charge in [-0.05, 0) is 39.9 Å². The van der Waals surface area contributed by atoms with Crippen molar-refractivity contribution in [3.8, 4) is 17.2 Å².